The van der Waals surface area contributed by atoms with Crippen molar-refractivity contribution in [1.29, 1.82) is 0 Å². The molecular formula is C27H30ClN5O5. The van der Waals surface area contributed by atoms with Gasteiger partial charge in [0.1, 0.15) is 23.8 Å². The number of halogens is 1. The summed E-state index contributed by atoms with van der Waals surface area (Å²) in [6.07, 6.45) is 6.92. The van der Waals surface area contributed by atoms with Crippen molar-refractivity contribution in [2.24, 2.45) is 5.92 Å². The summed E-state index contributed by atoms with van der Waals surface area (Å²) >= 11 is 6.23. The Morgan fingerprint density at radius 2 is 2.13 bits per heavy atom. The minimum atomic E-state index is -2.09. The summed E-state index contributed by atoms with van der Waals surface area (Å²) < 4.78 is 13.5. The van der Waals surface area contributed by atoms with Crippen LogP contribution in [0.2, 0.25) is 5.28 Å². The molecule has 2 aromatic heterocycles. The number of fused-ring (bicyclic) bond motifs is 1. The lowest BCUT2D eigenvalue weighted by molar-refractivity contribution is -0.139. The molecule has 0 spiro atoms. The Bertz CT molecular complexity index is 1340. The number of nitrogens with zero attached hydrogens (tertiary/aromatic N) is 4. The van der Waals surface area contributed by atoms with E-state index in [1.54, 1.807) is 0 Å². The highest BCUT2D eigenvalue weighted by Crippen LogP contribution is 2.39. The summed E-state index contributed by atoms with van der Waals surface area (Å²) in [6.45, 7) is -0.242. The number of imidazole rings is 1. The van der Waals surface area contributed by atoms with Gasteiger partial charge in [-0.05, 0) is 35.9 Å². The maximum absolute atomic E-state index is 12.5. The summed E-state index contributed by atoms with van der Waals surface area (Å²) in [5.74, 6) is 2.63. The van der Waals surface area contributed by atoms with Gasteiger partial charge in [0.2, 0.25) is 11.2 Å². The third kappa shape index (κ3) is 5.25. The molecule has 1 aliphatic heterocycles. The number of aryl methyl sites for hydroxylation is 1. The third-order valence-corrected chi connectivity index (χ3v) is 7.39. The number of amides is 1. The van der Waals surface area contributed by atoms with Gasteiger partial charge < -0.3 is 25.0 Å². The third-order valence-electron chi connectivity index (χ3n) is 7.23. The number of aliphatic hydroxyl groups excluding tert-OH is 1. The van der Waals surface area contributed by atoms with Crippen LogP contribution >= 0.6 is 11.6 Å². The molecule has 1 unspecified atom stereocenters. The fraction of sp³-hybridized carbons (Fsp3) is 0.481. The monoisotopic (exact) mass is 539 g/mol. The molecule has 1 saturated carbocycles. The molecule has 200 valence electrons. The van der Waals surface area contributed by atoms with Crippen LogP contribution in [-0.4, -0.2) is 73.2 Å². The maximum Gasteiger partial charge on any atom is 0.249 e. The van der Waals surface area contributed by atoms with E-state index in [1.165, 1.54) is 30.8 Å². The Kier molecular flexibility index (Phi) is 7.66. The van der Waals surface area contributed by atoms with E-state index in [9.17, 15) is 15.0 Å². The van der Waals surface area contributed by atoms with Crippen molar-refractivity contribution in [2.45, 2.75) is 62.2 Å². The van der Waals surface area contributed by atoms with Gasteiger partial charge in [-0.25, -0.2) is 9.97 Å². The molecule has 1 aliphatic carbocycles. The van der Waals surface area contributed by atoms with E-state index >= 15 is 0 Å². The number of aliphatic hydroxyl groups is 2. The molecule has 1 saturated heterocycles. The van der Waals surface area contributed by atoms with E-state index < -0.39 is 30.1 Å². The number of aromatic nitrogens is 4. The van der Waals surface area contributed by atoms with Crippen LogP contribution in [0.15, 0.2) is 36.7 Å². The first kappa shape index (κ1) is 26.5. The molecule has 3 N–H and O–H groups in total. The number of carbonyl (C=O) groups excluding carboxylic acids is 1. The number of hydrogen-bond acceptors (Lipinski definition) is 8. The second kappa shape index (κ2) is 11.0. The molecule has 1 aromatic carbocycles. The van der Waals surface area contributed by atoms with Gasteiger partial charge in [-0.15, -0.1) is 6.42 Å². The second-order valence-corrected chi connectivity index (χ2v) is 10.1. The van der Waals surface area contributed by atoms with Crippen molar-refractivity contribution < 1.29 is 24.5 Å². The lowest BCUT2D eigenvalue weighted by Gasteiger charge is -2.26. The SMILES string of the molecule is C#C[C@@]1(O)[C@@H](COC(Cc2ccccc2)C(=O)NC)O[C@@H](n2cnc3c(CCC4CC4)nc(Cl)nc32)[C@@H]1O. The minimum Gasteiger partial charge on any atom is -0.384 e. The molecule has 10 nitrogen and oxygen atoms in total. The zero-order valence-electron chi connectivity index (χ0n) is 21.0. The molecule has 38 heavy (non-hydrogen) atoms. The van der Waals surface area contributed by atoms with Crippen LogP contribution in [0, 0.1) is 18.3 Å². The van der Waals surface area contributed by atoms with Gasteiger partial charge in [0.05, 0.1) is 18.6 Å². The van der Waals surface area contributed by atoms with Crippen LogP contribution < -0.4 is 5.32 Å². The number of nitrogens with one attached hydrogen (secondary N) is 1. The standard InChI is InChI=1S/C27H30ClN5O5/c1-3-27(36)20(14-37-19(24(35)29-2)13-17-7-5-4-6-8-17)38-25(22(27)34)33-15-30-21-18(12-11-16-9-10-16)31-26(28)32-23(21)33/h1,4-8,15-16,19-20,22,25,34,36H,9-14H2,2H3,(H,29,35)/t19?,20-,22+,25-,27-/m1/s1. The van der Waals surface area contributed by atoms with Crippen LogP contribution in [0.1, 0.15) is 36.7 Å². The average molecular weight is 540 g/mol. The first-order valence-electron chi connectivity index (χ1n) is 12.6. The molecular weight excluding hydrogens is 510 g/mol. The van der Waals surface area contributed by atoms with Gasteiger partial charge in [0.15, 0.2) is 17.5 Å². The average Bonchev–Trinajstić information content (AvgIpc) is 3.62. The fourth-order valence-corrected chi connectivity index (χ4v) is 4.97. The lowest BCUT2D eigenvalue weighted by Crippen LogP contribution is -2.49. The molecule has 2 aliphatic rings. The first-order chi connectivity index (χ1) is 18.3. The predicted octanol–water partition coefficient (Wildman–Crippen LogP) is 1.82. The Labute approximate surface area is 225 Å². The number of likely N-dealkylation sites (N-methyl/N-ethyl adjacent to an activating group) is 1. The highest BCUT2D eigenvalue weighted by Gasteiger charge is 2.56. The smallest absolute Gasteiger partial charge is 0.249 e. The highest BCUT2D eigenvalue weighted by molar-refractivity contribution is 6.28. The zero-order chi connectivity index (χ0) is 26.9. The molecule has 0 radical (unpaired) electrons. The van der Waals surface area contributed by atoms with Crippen molar-refractivity contribution in [3.05, 3.63) is 53.2 Å². The number of ether oxygens (including phenoxy) is 2. The highest BCUT2D eigenvalue weighted by atomic mass is 35.5. The van der Waals surface area contributed by atoms with Crippen molar-refractivity contribution in [3.8, 4) is 12.3 Å². The quantitative estimate of drug-likeness (QED) is 0.263. The van der Waals surface area contributed by atoms with E-state index in [4.69, 9.17) is 27.5 Å². The fourth-order valence-electron chi connectivity index (χ4n) is 4.79. The zero-order valence-corrected chi connectivity index (χ0v) is 21.7. The van der Waals surface area contributed by atoms with Gasteiger partial charge in [-0.2, -0.15) is 4.98 Å². The summed E-state index contributed by atoms with van der Waals surface area (Å²) in [7, 11) is 1.52. The summed E-state index contributed by atoms with van der Waals surface area (Å²) in [4.78, 5) is 25.7. The van der Waals surface area contributed by atoms with Gasteiger partial charge in [-0.1, -0.05) is 49.1 Å². The van der Waals surface area contributed by atoms with Crippen molar-refractivity contribution >= 4 is 28.7 Å². The number of terminal acetylenes is 1. The molecule has 3 aromatic rings. The summed E-state index contributed by atoms with van der Waals surface area (Å²) in [5.41, 5.74) is 0.454. The van der Waals surface area contributed by atoms with Crippen LogP contribution in [-0.2, 0) is 27.1 Å². The van der Waals surface area contributed by atoms with E-state index in [2.05, 4.69) is 26.2 Å². The van der Waals surface area contributed by atoms with Crippen LogP contribution in [0.3, 0.4) is 0 Å². The molecule has 3 heterocycles. The number of benzene rings is 1. The predicted molar refractivity (Wildman–Crippen MR) is 139 cm³/mol. The van der Waals surface area contributed by atoms with E-state index in [-0.39, 0.29) is 17.8 Å². The first-order valence-corrected chi connectivity index (χ1v) is 13.0. The normalized spacial score (nSPS) is 25.8. The van der Waals surface area contributed by atoms with E-state index in [1.807, 2.05) is 30.3 Å². The number of carbonyl (C=O) groups is 1. The molecule has 5 atom stereocenters. The summed E-state index contributed by atoms with van der Waals surface area (Å²) in [5, 5.41) is 25.0. The molecule has 11 heteroatoms. The lowest BCUT2D eigenvalue weighted by atomic mass is 9.93. The maximum atomic E-state index is 12.5. The summed E-state index contributed by atoms with van der Waals surface area (Å²) in [6, 6.07) is 9.40. The van der Waals surface area contributed by atoms with Gasteiger partial charge in [0.25, 0.3) is 0 Å². The molecule has 0 bridgehead atoms. The van der Waals surface area contributed by atoms with E-state index in [0.717, 1.165) is 17.7 Å². The Morgan fingerprint density at radius 3 is 2.82 bits per heavy atom. The van der Waals surface area contributed by atoms with Crippen LogP contribution in [0.5, 0.6) is 0 Å². The second-order valence-electron chi connectivity index (χ2n) is 9.80. The minimum absolute atomic E-state index is 0.0546. The van der Waals surface area contributed by atoms with E-state index in [0.29, 0.717) is 29.9 Å². The van der Waals surface area contributed by atoms with Gasteiger partial charge in [0, 0.05) is 13.5 Å². The number of rotatable bonds is 10. The van der Waals surface area contributed by atoms with Crippen molar-refractivity contribution in [3.63, 3.8) is 0 Å². The molecule has 2 fully saturated rings. The van der Waals surface area contributed by atoms with Gasteiger partial charge in [-0.3, -0.25) is 9.36 Å². The van der Waals surface area contributed by atoms with Gasteiger partial charge >= 0.3 is 0 Å². The van der Waals surface area contributed by atoms with Crippen LogP contribution in [0.4, 0.5) is 0 Å². The Morgan fingerprint density at radius 1 is 1.37 bits per heavy atom. The Hall–Kier alpha value is -3.07. The largest absolute Gasteiger partial charge is 0.384 e. The number of hydrogen-bond donors (Lipinski definition) is 3. The van der Waals surface area contributed by atoms with Crippen LogP contribution in [0.25, 0.3) is 11.2 Å². The Balaban J connectivity index is 1.37. The topological polar surface area (TPSA) is 132 Å². The molecule has 1 amide bonds. The van der Waals surface area contributed by atoms with Crippen molar-refractivity contribution in [1.82, 2.24) is 24.8 Å². The van der Waals surface area contributed by atoms with Crippen molar-refractivity contribution in [2.75, 3.05) is 13.7 Å². The molecule has 5 rings (SSSR count).